The van der Waals surface area contributed by atoms with Gasteiger partial charge < -0.3 is 5.11 Å². The number of rotatable bonds is 4. The third kappa shape index (κ3) is 3.05. The molecule has 0 atom stereocenters. The van der Waals surface area contributed by atoms with E-state index < -0.39 is 0 Å². The number of aryl methyl sites for hydroxylation is 2. The first-order valence-electron chi connectivity index (χ1n) is 5.36. The van der Waals surface area contributed by atoms with Crippen molar-refractivity contribution in [2.75, 3.05) is 13.3 Å². The molecule has 0 saturated carbocycles. The van der Waals surface area contributed by atoms with Crippen molar-refractivity contribution in [3.63, 3.8) is 0 Å². The Morgan fingerprint density at radius 2 is 1.93 bits per heavy atom. The van der Waals surface area contributed by atoms with Gasteiger partial charge in [0.1, 0.15) is 0 Å². The molecule has 2 heteroatoms. The lowest BCUT2D eigenvalue weighted by molar-refractivity contribution is 0.247. The van der Waals surface area contributed by atoms with E-state index in [9.17, 15) is 0 Å². The maximum absolute atomic E-state index is 8.78. The molecule has 0 unspecified atom stereocenters. The van der Waals surface area contributed by atoms with Gasteiger partial charge >= 0.3 is 0 Å². The number of nitrogens with one attached hydrogen (secondary N) is 1. The summed E-state index contributed by atoms with van der Waals surface area (Å²) in [5.74, 6) is 0. The molecule has 0 spiro atoms. The first kappa shape index (κ1) is 12.2. The molecule has 0 bridgehead atoms. The van der Waals surface area contributed by atoms with Crippen LogP contribution in [0, 0.1) is 13.8 Å². The topological polar surface area (TPSA) is 32.3 Å². The van der Waals surface area contributed by atoms with Crippen LogP contribution in [0.2, 0.25) is 0 Å². The van der Waals surface area contributed by atoms with E-state index in [1.165, 1.54) is 16.7 Å². The summed E-state index contributed by atoms with van der Waals surface area (Å²) in [5, 5.41) is 11.8. The third-order valence-corrected chi connectivity index (χ3v) is 2.79. The second-order valence-electron chi connectivity index (χ2n) is 4.79. The zero-order valence-electron chi connectivity index (χ0n) is 10.1. The van der Waals surface area contributed by atoms with E-state index in [-0.39, 0.29) is 12.1 Å². The average molecular weight is 207 g/mol. The van der Waals surface area contributed by atoms with Gasteiger partial charge in [-0.3, -0.25) is 5.32 Å². The number of aliphatic hydroxyl groups is 1. The van der Waals surface area contributed by atoms with E-state index in [0.29, 0.717) is 0 Å². The number of aliphatic hydroxyl groups excluding tert-OH is 1. The number of hydrogen-bond acceptors (Lipinski definition) is 2. The van der Waals surface area contributed by atoms with Crippen LogP contribution in [-0.4, -0.2) is 18.4 Å². The molecule has 1 aromatic carbocycles. The van der Waals surface area contributed by atoms with E-state index in [1.807, 2.05) is 0 Å². The van der Waals surface area contributed by atoms with E-state index in [0.717, 1.165) is 6.54 Å². The van der Waals surface area contributed by atoms with E-state index in [4.69, 9.17) is 5.11 Å². The highest BCUT2D eigenvalue weighted by Crippen LogP contribution is 2.26. The summed E-state index contributed by atoms with van der Waals surface area (Å²) in [7, 11) is 0. The Morgan fingerprint density at radius 1 is 1.27 bits per heavy atom. The molecule has 0 radical (unpaired) electrons. The zero-order valence-corrected chi connectivity index (χ0v) is 10.1. The molecule has 2 N–H and O–H groups in total. The molecular formula is C13H21NO. The molecule has 0 aromatic heterocycles. The predicted molar refractivity (Wildman–Crippen MR) is 64.0 cm³/mol. The van der Waals surface area contributed by atoms with Crippen molar-refractivity contribution >= 4 is 0 Å². The van der Waals surface area contributed by atoms with Crippen molar-refractivity contribution in [1.29, 1.82) is 0 Å². The quantitative estimate of drug-likeness (QED) is 0.741. The first-order valence-corrected chi connectivity index (χ1v) is 5.36. The smallest absolute Gasteiger partial charge is 0.0931 e. The Morgan fingerprint density at radius 3 is 2.47 bits per heavy atom. The van der Waals surface area contributed by atoms with Crippen LogP contribution in [-0.2, 0) is 5.41 Å². The summed E-state index contributed by atoms with van der Waals surface area (Å²) >= 11 is 0. The van der Waals surface area contributed by atoms with Crippen molar-refractivity contribution in [3.05, 3.63) is 34.9 Å². The summed E-state index contributed by atoms with van der Waals surface area (Å²) in [4.78, 5) is 0. The fraction of sp³-hybridized carbons (Fsp3) is 0.538. The molecule has 0 aliphatic rings. The number of benzene rings is 1. The maximum atomic E-state index is 8.78. The summed E-state index contributed by atoms with van der Waals surface area (Å²) in [6.07, 6.45) is 0. The molecule has 0 aliphatic heterocycles. The van der Waals surface area contributed by atoms with E-state index in [1.54, 1.807) is 0 Å². The third-order valence-electron chi connectivity index (χ3n) is 2.79. The lowest BCUT2D eigenvalue weighted by atomic mass is 9.81. The fourth-order valence-corrected chi connectivity index (χ4v) is 2.04. The van der Waals surface area contributed by atoms with Gasteiger partial charge in [0.2, 0.25) is 0 Å². The monoisotopic (exact) mass is 207 g/mol. The Labute approximate surface area is 92.3 Å². The van der Waals surface area contributed by atoms with Crippen molar-refractivity contribution in [3.8, 4) is 0 Å². The molecule has 0 aliphatic carbocycles. The van der Waals surface area contributed by atoms with Crippen LogP contribution in [0.15, 0.2) is 18.2 Å². The molecule has 0 amide bonds. The Hall–Kier alpha value is -0.860. The highest BCUT2D eigenvalue weighted by Gasteiger charge is 2.21. The predicted octanol–water partition coefficient (Wildman–Crippen LogP) is 2.12. The van der Waals surface area contributed by atoms with Crippen LogP contribution in [0.3, 0.4) is 0 Å². The molecule has 15 heavy (non-hydrogen) atoms. The summed E-state index contributed by atoms with van der Waals surface area (Å²) in [5.41, 5.74) is 4.01. The molecule has 0 heterocycles. The van der Waals surface area contributed by atoms with Crippen LogP contribution in [0.25, 0.3) is 0 Å². The van der Waals surface area contributed by atoms with Crippen LogP contribution < -0.4 is 5.32 Å². The highest BCUT2D eigenvalue weighted by molar-refractivity contribution is 5.35. The molecule has 1 aromatic rings. The second kappa shape index (κ2) is 4.77. The minimum absolute atomic E-state index is 0.0361. The summed E-state index contributed by atoms with van der Waals surface area (Å²) in [6, 6.07) is 6.53. The average Bonchev–Trinajstić information content (AvgIpc) is 2.14. The lowest BCUT2D eigenvalue weighted by Crippen LogP contribution is -2.34. The minimum Gasteiger partial charge on any atom is -0.381 e. The van der Waals surface area contributed by atoms with E-state index >= 15 is 0 Å². The fourth-order valence-electron chi connectivity index (χ4n) is 2.04. The van der Waals surface area contributed by atoms with Gasteiger partial charge in [-0.2, -0.15) is 0 Å². The molecule has 0 fully saturated rings. The van der Waals surface area contributed by atoms with Crippen LogP contribution in [0.1, 0.15) is 30.5 Å². The van der Waals surface area contributed by atoms with Gasteiger partial charge in [0.25, 0.3) is 0 Å². The molecular weight excluding hydrogens is 186 g/mol. The van der Waals surface area contributed by atoms with Crippen molar-refractivity contribution in [2.24, 2.45) is 0 Å². The van der Waals surface area contributed by atoms with Crippen molar-refractivity contribution in [1.82, 2.24) is 5.32 Å². The Kier molecular flexibility index (Phi) is 3.89. The van der Waals surface area contributed by atoms with Crippen LogP contribution >= 0.6 is 0 Å². The van der Waals surface area contributed by atoms with Crippen LogP contribution in [0.5, 0.6) is 0 Å². The van der Waals surface area contributed by atoms with Crippen molar-refractivity contribution in [2.45, 2.75) is 33.1 Å². The lowest BCUT2D eigenvalue weighted by Gasteiger charge is -2.27. The van der Waals surface area contributed by atoms with Gasteiger partial charge in [-0.15, -0.1) is 0 Å². The second-order valence-corrected chi connectivity index (χ2v) is 4.79. The maximum Gasteiger partial charge on any atom is 0.0931 e. The molecule has 84 valence electrons. The Bertz CT molecular complexity index is 331. The van der Waals surface area contributed by atoms with E-state index in [2.05, 4.69) is 51.2 Å². The van der Waals surface area contributed by atoms with Crippen molar-refractivity contribution < 1.29 is 5.11 Å². The largest absolute Gasteiger partial charge is 0.381 e. The molecule has 1 rings (SSSR count). The molecule has 0 saturated heterocycles. The summed E-state index contributed by atoms with van der Waals surface area (Å²) < 4.78 is 0. The zero-order chi connectivity index (χ0) is 11.5. The molecule has 2 nitrogen and oxygen atoms in total. The SMILES string of the molecule is Cc1ccc(C(C)(C)CNCO)c(C)c1. The standard InChI is InChI=1S/C13H21NO/c1-10-5-6-12(11(2)7-10)13(3,4)8-14-9-15/h5-7,14-15H,8-9H2,1-4H3. The van der Waals surface area contributed by atoms with Gasteiger partial charge in [-0.25, -0.2) is 0 Å². The highest BCUT2D eigenvalue weighted by atomic mass is 16.3. The van der Waals surface area contributed by atoms with Gasteiger partial charge in [0, 0.05) is 12.0 Å². The van der Waals surface area contributed by atoms with Gasteiger partial charge in [-0.1, -0.05) is 37.6 Å². The Balaban J connectivity index is 2.93. The normalized spacial score (nSPS) is 11.8. The van der Waals surface area contributed by atoms with Gasteiger partial charge in [0.15, 0.2) is 0 Å². The minimum atomic E-state index is 0.0361. The van der Waals surface area contributed by atoms with Gasteiger partial charge in [0.05, 0.1) is 6.73 Å². The number of hydrogen-bond donors (Lipinski definition) is 2. The van der Waals surface area contributed by atoms with Gasteiger partial charge in [-0.05, 0) is 25.0 Å². The summed E-state index contributed by atoms with van der Waals surface area (Å²) in [6.45, 7) is 9.45. The first-order chi connectivity index (χ1) is 6.97. The van der Waals surface area contributed by atoms with Crippen LogP contribution in [0.4, 0.5) is 0 Å².